The highest BCUT2D eigenvalue weighted by molar-refractivity contribution is 14.1. The molecule has 1 heterocycles. The third-order valence-electron chi connectivity index (χ3n) is 3.68. The molecule has 5 heteroatoms. The van der Waals surface area contributed by atoms with Crippen LogP contribution >= 0.6 is 34.2 Å². The first-order valence-corrected chi connectivity index (χ1v) is 7.93. The Labute approximate surface area is 131 Å². The van der Waals surface area contributed by atoms with E-state index in [0.717, 1.165) is 38.7 Å². The summed E-state index contributed by atoms with van der Waals surface area (Å²) in [4.78, 5) is 4.79. The molecule has 0 saturated heterocycles. The summed E-state index contributed by atoms with van der Waals surface area (Å²) < 4.78 is 1.10. The summed E-state index contributed by atoms with van der Waals surface area (Å²) in [6.07, 6.45) is 5.70. The highest BCUT2D eigenvalue weighted by Gasteiger charge is 2.18. The molecule has 1 aromatic carbocycles. The minimum Gasteiger partial charge on any atom is -0.323 e. The SMILES string of the molecule is NNc1c2c(nc3c(Cl)cc(I)cc13)CCCCC2. The molecular weight excluding hydrogens is 373 g/mol. The number of nitrogens with zero attached hydrogens (tertiary/aromatic N) is 1. The molecule has 1 aliphatic carbocycles. The van der Waals surface area contributed by atoms with Gasteiger partial charge in [0.25, 0.3) is 0 Å². The number of halogens is 2. The van der Waals surface area contributed by atoms with Gasteiger partial charge >= 0.3 is 0 Å². The van der Waals surface area contributed by atoms with Crippen molar-refractivity contribution < 1.29 is 0 Å². The summed E-state index contributed by atoms with van der Waals surface area (Å²) in [6.45, 7) is 0. The number of hydrogen-bond acceptors (Lipinski definition) is 3. The van der Waals surface area contributed by atoms with Crippen LogP contribution in [0.25, 0.3) is 10.9 Å². The van der Waals surface area contributed by atoms with Crippen LogP contribution in [0.2, 0.25) is 5.02 Å². The number of fused-ring (bicyclic) bond motifs is 2. The van der Waals surface area contributed by atoms with Crippen molar-refractivity contribution in [2.45, 2.75) is 32.1 Å². The summed E-state index contributed by atoms with van der Waals surface area (Å²) >= 11 is 8.61. The zero-order chi connectivity index (χ0) is 13.4. The Hall–Kier alpha value is -0.590. The molecule has 19 heavy (non-hydrogen) atoms. The van der Waals surface area contributed by atoms with E-state index in [1.54, 1.807) is 0 Å². The highest BCUT2D eigenvalue weighted by atomic mass is 127. The van der Waals surface area contributed by atoms with Gasteiger partial charge in [-0.15, -0.1) is 0 Å². The maximum Gasteiger partial charge on any atom is 0.0913 e. The van der Waals surface area contributed by atoms with E-state index in [0.29, 0.717) is 5.02 Å². The van der Waals surface area contributed by atoms with E-state index in [1.807, 2.05) is 6.07 Å². The van der Waals surface area contributed by atoms with E-state index in [9.17, 15) is 0 Å². The molecule has 0 fully saturated rings. The van der Waals surface area contributed by atoms with Crippen molar-refractivity contribution in [3.8, 4) is 0 Å². The van der Waals surface area contributed by atoms with Gasteiger partial charge in [0.15, 0.2) is 0 Å². The molecule has 1 aliphatic rings. The normalized spacial score (nSPS) is 15.1. The maximum atomic E-state index is 6.34. The number of aromatic nitrogens is 1. The lowest BCUT2D eigenvalue weighted by Crippen LogP contribution is -2.12. The van der Waals surface area contributed by atoms with Crippen LogP contribution in [0.3, 0.4) is 0 Å². The van der Waals surface area contributed by atoms with Crippen LogP contribution in [0.1, 0.15) is 30.5 Å². The van der Waals surface area contributed by atoms with Crippen LogP contribution in [0.4, 0.5) is 5.69 Å². The molecule has 0 atom stereocenters. The van der Waals surface area contributed by atoms with E-state index < -0.39 is 0 Å². The van der Waals surface area contributed by atoms with E-state index in [4.69, 9.17) is 22.4 Å². The number of aryl methyl sites for hydroxylation is 1. The summed E-state index contributed by atoms with van der Waals surface area (Å²) in [5, 5.41) is 1.73. The third-order valence-corrected chi connectivity index (χ3v) is 4.59. The van der Waals surface area contributed by atoms with Gasteiger partial charge in [0, 0.05) is 14.7 Å². The average Bonchev–Trinajstić information content (AvgIpc) is 2.61. The monoisotopic (exact) mass is 387 g/mol. The number of rotatable bonds is 1. The van der Waals surface area contributed by atoms with Gasteiger partial charge in [-0.05, 0) is 66.0 Å². The third kappa shape index (κ3) is 2.41. The Balaban J connectivity index is 2.36. The highest BCUT2D eigenvalue weighted by Crippen LogP contribution is 2.35. The maximum absolute atomic E-state index is 6.34. The molecule has 3 rings (SSSR count). The Kier molecular flexibility index (Phi) is 3.82. The summed E-state index contributed by atoms with van der Waals surface area (Å²) in [6, 6.07) is 4.04. The molecule has 0 aliphatic heterocycles. The lowest BCUT2D eigenvalue weighted by Gasteiger charge is -2.15. The molecule has 1 aromatic heterocycles. The second-order valence-electron chi connectivity index (χ2n) is 4.90. The van der Waals surface area contributed by atoms with Crippen molar-refractivity contribution in [3.05, 3.63) is 32.0 Å². The number of hydrogen-bond donors (Lipinski definition) is 2. The zero-order valence-electron chi connectivity index (χ0n) is 10.5. The van der Waals surface area contributed by atoms with E-state index in [1.165, 1.54) is 24.8 Å². The van der Waals surface area contributed by atoms with Crippen LogP contribution in [0.15, 0.2) is 12.1 Å². The van der Waals surface area contributed by atoms with Gasteiger partial charge in [-0.1, -0.05) is 18.0 Å². The largest absolute Gasteiger partial charge is 0.323 e. The minimum atomic E-state index is 0.699. The second kappa shape index (κ2) is 5.42. The van der Waals surface area contributed by atoms with Gasteiger partial charge in [-0.2, -0.15) is 0 Å². The molecule has 3 nitrogen and oxygen atoms in total. The number of nitrogens with two attached hydrogens (primary N) is 1. The van der Waals surface area contributed by atoms with Crippen LogP contribution in [-0.2, 0) is 12.8 Å². The van der Waals surface area contributed by atoms with Crippen LogP contribution in [0.5, 0.6) is 0 Å². The predicted octanol–water partition coefficient (Wildman–Crippen LogP) is 4.05. The lowest BCUT2D eigenvalue weighted by molar-refractivity contribution is 0.709. The van der Waals surface area contributed by atoms with Crippen molar-refractivity contribution in [2.24, 2.45) is 5.84 Å². The molecular formula is C14H15ClIN3. The first-order valence-electron chi connectivity index (χ1n) is 6.48. The van der Waals surface area contributed by atoms with Crippen molar-refractivity contribution in [1.82, 2.24) is 4.98 Å². The first kappa shape index (κ1) is 13.4. The van der Waals surface area contributed by atoms with E-state index in [-0.39, 0.29) is 0 Å². The second-order valence-corrected chi connectivity index (χ2v) is 6.55. The van der Waals surface area contributed by atoms with Crippen LogP contribution in [0, 0.1) is 3.57 Å². The Morgan fingerprint density at radius 1 is 1.21 bits per heavy atom. The Bertz CT molecular complexity index is 642. The fraction of sp³-hybridized carbons (Fsp3) is 0.357. The minimum absolute atomic E-state index is 0.699. The number of nitrogens with one attached hydrogen (secondary N) is 1. The molecule has 100 valence electrons. The van der Waals surface area contributed by atoms with Crippen molar-refractivity contribution in [2.75, 3.05) is 5.43 Å². The van der Waals surface area contributed by atoms with Crippen molar-refractivity contribution in [1.29, 1.82) is 0 Å². The van der Waals surface area contributed by atoms with Gasteiger partial charge < -0.3 is 5.43 Å². The number of nitrogen functional groups attached to an aromatic ring is 1. The van der Waals surface area contributed by atoms with Gasteiger partial charge in [-0.3, -0.25) is 10.8 Å². The topological polar surface area (TPSA) is 50.9 Å². The Morgan fingerprint density at radius 3 is 2.79 bits per heavy atom. The standard InChI is InChI=1S/C14H15ClIN3/c15-11-7-8(16)6-10-13(19-17)9-4-2-1-3-5-12(9)18-14(10)11/h6-7H,1-5,17H2,(H,18,19). The fourth-order valence-electron chi connectivity index (χ4n) is 2.79. The lowest BCUT2D eigenvalue weighted by atomic mass is 10.0. The predicted molar refractivity (Wildman–Crippen MR) is 88.5 cm³/mol. The average molecular weight is 388 g/mol. The smallest absolute Gasteiger partial charge is 0.0913 e. The quantitative estimate of drug-likeness (QED) is 0.336. The molecule has 0 unspecified atom stereocenters. The molecule has 0 radical (unpaired) electrons. The summed E-state index contributed by atoms with van der Waals surface area (Å²) in [5.41, 5.74) is 7.16. The van der Waals surface area contributed by atoms with Crippen LogP contribution < -0.4 is 11.3 Å². The summed E-state index contributed by atoms with van der Waals surface area (Å²) in [7, 11) is 0. The molecule has 0 bridgehead atoms. The Morgan fingerprint density at radius 2 is 2.00 bits per heavy atom. The summed E-state index contributed by atoms with van der Waals surface area (Å²) in [5.74, 6) is 5.77. The number of pyridine rings is 1. The fourth-order valence-corrected chi connectivity index (χ4v) is 3.86. The van der Waals surface area contributed by atoms with Crippen molar-refractivity contribution >= 4 is 50.8 Å². The van der Waals surface area contributed by atoms with Gasteiger partial charge in [0.05, 0.1) is 16.2 Å². The van der Waals surface area contributed by atoms with Gasteiger partial charge in [0.2, 0.25) is 0 Å². The van der Waals surface area contributed by atoms with Gasteiger partial charge in [0.1, 0.15) is 0 Å². The van der Waals surface area contributed by atoms with E-state index >= 15 is 0 Å². The van der Waals surface area contributed by atoms with Crippen LogP contribution in [-0.4, -0.2) is 4.98 Å². The molecule has 3 N–H and O–H groups in total. The number of hydrazine groups is 1. The first-order chi connectivity index (χ1) is 9.20. The molecule has 2 aromatic rings. The van der Waals surface area contributed by atoms with Crippen molar-refractivity contribution in [3.63, 3.8) is 0 Å². The zero-order valence-corrected chi connectivity index (χ0v) is 13.4. The molecule has 0 amide bonds. The van der Waals surface area contributed by atoms with E-state index in [2.05, 4.69) is 34.1 Å². The number of benzene rings is 1. The number of anilines is 1. The van der Waals surface area contributed by atoms with Gasteiger partial charge in [-0.25, -0.2) is 0 Å². The molecule has 0 saturated carbocycles. The molecule has 0 spiro atoms.